The van der Waals surface area contributed by atoms with Crippen LogP contribution in [-0.2, 0) is 9.59 Å². The molecular weight excluding hydrogens is 440 g/mol. The summed E-state index contributed by atoms with van der Waals surface area (Å²) in [6.45, 7) is 7.96. The smallest absolute Gasteiger partial charge is 0.335 e. The minimum absolute atomic E-state index is 0.0302. The van der Waals surface area contributed by atoms with E-state index in [9.17, 15) is 29.4 Å². The van der Waals surface area contributed by atoms with Crippen LogP contribution < -0.4 is 9.47 Å². The lowest BCUT2D eigenvalue weighted by atomic mass is 9.83. The average Bonchev–Trinajstić information content (AvgIpc) is 2.78. The summed E-state index contributed by atoms with van der Waals surface area (Å²) in [5.41, 5.74) is 5.94. The van der Waals surface area contributed by atoms with Crippen LogP contribution in [-0.4, -0.2) is 35.1 Å². The molecule has 0 aliphatic rings. The first kappa shape index (κ1) is 24.2. The zero-order valence-electron chi connectivity index (χ0n) is 19.0. The fourth-order valence-corrected chi connectivity index (χ4v) is 4.16. The van der Waals surface area contributed by atoms with Crippen LogP contribution in [0.15, 0.2) is 36.4 Å². The van der Waals surface area contributed by atoms with Crippen molar-refractivity contribution < 1.29 is 38.9 Å². The van der Waals surface area contributed by atoms with Gasteiger partial charge in [-0.3, -0.25) is 9.59 Å². The van der Waals surface area contributed by atoms with Gasteiger partial charge in [0, 0.05) is 0 Å². The van der Waals surface area contributed by atoms with Crippen molar-refractivity contribution in [2.45, 2.75) is 27.7 Å². The number of carboxylic acid groups (broad SMARTS) is 2. The Morgan fingerprint density at radius 2 is 0.941 bits per heavy atom. The van der Waals surface area contributed by atoms with Gasteiger partial charge in [0.2, 0.25) is 0 Å². The molecule has 0 radical (unpaired) electrons. The van der Waals surface area contributed by atoms with E-state index in [1.54, 1.807) is 12.1 Å². The summed E-state index contributed by atoms with van der Waals surface area (Å²) in [6.07, 6.45) is 0. The summed E-state index contributed by atoms with van der Waals surface area (Å²) in [6, 6.07) is 8.74. The van der Waals surface area contributed by atoms with Gasteiger partial charge in [-0.15, -0.1) is 0 Å². The van der Waals surface area contributed by atoms with Crippen molar-refractivity contribution in [3.8, 4) is 33.8 Å². The van der Waals surface area contributed by atoms with Crippen LogP contribution in [0.4, 0.5) is 0 Å². The van der Waals surface area contributed by atoms with Gasteiger partial charge in [-0.2, -0.15) is 0 Å². The number of carbonyl (C=O) groups excluding carboxylic acids is 2. The first-order chi connectivity index (χ1) is 16.1. The Bertz CT molecular complexity index is 1210. The van der Waals surface area contributed by atoms with Gasteiger partial charge in [0.25, 0.3) is 12.9 Å². The molecule has 3 aromatic carbocycles. The van der Waals surface area contributed by atoms with E-state index in [0.717, 1.165) is 33.4 Å². The van der Waals surface area contributed by atoms with Crippen molar-refractivity contribution in [3.63, 3.8) is 0 Å². The molecule has 174 valence electrons. The van der Waals surface area contributed by atoms with Crippen LogP contribution in [0.3, 0.4) is 0 Å². The highest BCUT2D eigenvalue weighted by Gasteiger charge is 2.21. The van der Waals surface area contributed by atoms with Crippen molar-refractivity contribution in [2.75, 3.05) is 0 Å². The molecule has 0 bridgehead atoms. The molecule has 2 N–H and O–H groups in total. The fourth-order valence-electron chi connectivity index (χ4n) is 4.16. The Kier molecular flexibility index (Phi) is 6.81. The van der Waals surface area contributed by atoms with E-state index in [1.807, 2.05) is 27.7 Å². The lowest BCUT2D eigenvalue weighted by molar-refractivity contribution is -0.121. The molecule has 0 saturated carbocycles. The lowest BCUT2D eigenvalue weighted by Gasteiger charge is -2.22. The highest BCUT2D eigenvalue weighted by molar-refractivity contribution is 5.93. The largest absolute Gasteiger partial charge is 0.478 e. The summed E-state index contributed by atoms with van der Waals surface area (Å²) < 4.78 is 9.84. The molecule has 0 aliphatic heterocycles. The third-order valence-corrected chi connectivity index (χ3v) is 5.88. The Labute approximate surface area is 195 Å². The van der Waals surface area contributed by atoms with Gasteiger partial charge in [0.15, 0.2) is 0 Å². The summed E-state index contributed by atoms with van der Waals surface area (Å²) in [4.78, 5) is 45.0. The van der Waals surface area contributed by atoms with E-state index >= 15 is 0 Å². The third kappa shape index (κ3) is 4.52. The second-order valence-corrected chi connectivity index (χ2v) is 7.78. The molecule has 0 spiro atoms. The number of rotatable bonds is 8. The van der Waals surface area contributed by atoms with Crippen molar-refractivity contribution in [3.05, 3.63) is 69.8 Å². The number of aromatic carboxylic acids is 2. The molecule has 0 amide bonds. The highest BCUT2D eigenvalue weighted by atomic mass is 16.5. The number of ether oxygens (including phenoxy) is 2. The molecular formula is C26H22O8. The molecule has 8 nitrogen and oxygen atoms in total. The van der Waals surface area contributed by atoms with Crippen molar-refractivity contribution in [2.24, 2.45) is 0 Å². The summed E-state index contributed by atoms with van der Waals surface area (Å²) in [7, 11) is 0. The molecule has 8 heteroatoms. The van der Waals surface area contributed by atoms with Crippen molar-refractivity contribution in [1.29, 1.82) is 0 Å². The second kappa shape index (κ2) is 9.58. The monoisotopic (exact) mass is 462 g/mol. The van der Waals surface area contributed by atoms with Gasteiger partial charge in [0.1, 0.15) is 11.5 Å². The van der Waals surface area contributed by atoms with Crippen molar-refractivity contribution >= 4 is 24.9 Å². The van der Waals surface area contributed by atoms with E-state index in [1.165, 1.54) is 24.3 Å². The van der Waals surface area contributed by atoms with Gasteiger partial charge in [-0.1, -0.05) is 0 Å². The molecule has 3 rings (SSSR count). The topological polar surface area (TPSA) is 127 Å². The zero-order chi connectivity index (χ0) is 25.2. The summed E-state index contributed by atoms with van der Waals surface area (Å²) in [5.74, 6) is -2.11. The van der Waals surface area contributed by atoms with Crippen LogP contribution in [0.1, 0.15) is 43.0 Å². The molecule has 0 fully saturated rings. The molecule has 0 aromatic heterocycles. The first-order valence-electron chi connectivity index (χ1n) is 10.2. The van der Waals surface area contributed by atoms with E-state index in [4.69, 9.17) is 9.47 Å². The standard InChI is InChI=1S/C26H22O8/c1-13-14(2)24(18-6-20(26(31)32)10-22(8-18)34-12-28)16(4)15(3)23(13)17-5-19(25(29)30)9-21(7-17)33-11-27/h5-12H,1-4H3,(H,29,30)(H,31,32). The quantitative estimate of drug-likeness (QED) is 0.460. The van der Waals surface area contributed by atoms with Gasteiger partial charge in [-0.05, 0) is 109 Å². The van der Waals surface area contributed by atoms with E-state index in [0.29, 0.717) is 11.1 Å². The maximum Gasteiger partial charge on any atom is 0.335 e. The highest BCUT2D eigenvalue weighted by Crippen LogP contribution is 2.41. The maximum atomic E-state index is 11.6. The third-order valence-electron chi connectivity index (χ3n) is 5.88. The molecule has 0 saturated heterocycles. The minimum Gasteiger partial charge on any atom is -0.478 e. The number of carboxylic acids is 2. The molecule has 0 aliphatic carbocycles. The lowest BCUT2D eigenvalue weighted by Crippen LogP contribution is -2.04. The Balaban J connectivity index is 2.31. The van der Waals surface area contributed by atoms with Gasteiger partial charge in [-0.25, -0.2) is 9.59 Å². The first-order valence-corrected chi connectivity index (χ1v) is 10.2. The number of hydrogen-bond acceptors (Lipinski definition) is 6. The van der Waals surface area contributed by atoms with Crippen LogP contribution in [0, 0.1) is 27.7 Å². The summed E-state index contributed by atoms with van der Waals surface area (Å²) >= 11 is 0. The van der Waals surface area contributed by atoms with Gasteiger partial charge >= 0.3 is 11.9 Å². The van der Waals surface area contributed by atoms with Crippen molar-refractivity contribution in [1.82, 2.24) is 0 Å². The van der Waals surface area contributed by atoms with E-state index < -0.39 is 11.9 Å². The predicted molar refractivity (Wildman–Crippen MR) is 124 cm³/mol. The maximum absolute atomic E-state index is 11.6. The Hall–Kier alpha value is -4.46. The minimum atomic E-state index is -1.16. The molecule has 3 aromatic rings. The fraction of sp³-hybridized carbons (Fsp3) is 0.154. The second-order valence-electron chi connectivity index (χ2n) is 7.78. The molecule has 34 heavy (non-hydrogen) atoms. The van der Waals surface area contributed by atoms with Gasteiger partial charge in [0.05, 0.1) is 11.1 Å². The van der Waals surface area contributed by atoms with E-state index in [-0.39, 0.29) is 35.6 Å². The van der Waals surface area contributed by atoms with Gasteiger partial charge < -0.3 is 19.7 Å². The van der Waals surface area contributed by atoms with Crippen LogP contribution in [0.5, 0.6) is 11.5 Å². The SMILES string of the molecule is Cc1c(C)c(-c2cc(OC=O)cc(C(=O)O)c2)c(C)c(C)c1-c1cc(OC=O)cc(C(=O)O)c1. The molecule has 0 heterocycles. The predicted octanol–water partition coefficient (Wildman–Crippen LogP) is 4.72. The molecule has 0 atom stereocenters. The normalized spacial score (nSPS) is 10.5. The molecule has 0 unspecified atom stereocenters. The zero-order valence-corrected chi connectivity index (χ0v) is 19.0. The number of carbonyl (C=O) groups is 4. The van der Waals surface area contributed by atoms with E-state index in [2.05, 4.69) is 0 Å². The summed E-state index contributed by atoms with van der Waals surface area (Å²) in [5, 5.41) is 19.0. The van der Waals surface area contributed by atoms with Crippen LogP contribution >= 0.6 is 0 Å². The Morgan fingerprint density at radius 3 is 1.21 bits per heavy atom. The van der Waals surface area contributed by atoms with Crippen LogP contribution in [0.25, 0.3) is 22.3 Å². The number of hydrogen-bond donors (Lipinski definition) is 2. The average molecular weight is 462 g/mol. The van der Waals surface area contributed by atoms with Crippen LogP contribution in [0.2, 0.25) is 0 Å². The Morgan fingerprint density at radius 1 is 0.618 bits per heavy atom. The number of benzene rings is 3.